The fourth-order valence-electron chi connectivity index (χ4n) is 10.1. The average Bonchev–Trinajstić information content (AvgIpc) is 3.58. The molecule has 3 unspecified atom stereocenters. The SMILES string of the molecule is CN(CCO)S(=O)(=O)Nc1ccc(F)c(Oc2ccc3ncn(C4CC5(CCN(C6CCC(c7cc8c(cc7F)c(N7CCC(=O)NC7=O)nn8C)CC6F)CC5)C4)c(=O)c3c2)c1C#N. The van der Waals surface area contributed by atoms with Crippen molar-refractivity contribution >= 4 is 55.5 Å². The Labute approximate surface area is 371 Å². The summed E-state index contributed by atoms with van der Waals surface area (Å²) in [5, 5.41) is 26.5. The molecule has 5 aromatic rings. The molecule has 4 fully saturated rings. The van der Waals surface area contributed by atoms with Gasteiger partial charge in [0.2, 0.25) is 5.91 Å². The minimum Gasteiger partial charge on any atom is -0.453 e. The Bertz CT molecular complexity index is 2940. The third-order valence-corrected chi connectivity index (χ3v) is 15.2. The van der Waals surface area contributed by atoms with E-state index in [4.69, 9.17) is 9.84 Å². The largest absolute Gasteiger partial charge is 0.453 e. The van der Waals surface area contributed by atoms with Gasteiger partial charge in [-0.15, -0.1) is 0 Å². The van der Waals surface area contributed by atoms with E-state index in [1.54, 1.807) is 28.4 Å². The number of urea groups is 1. The van der Waals surface area contributed by atoms with Gasteiger partial charge >= 0.3 is 16.2 Å². The van der Waals surface area contributed by atoms with Gasteiger partial charge in [0.1, 0.15) is 29.4 Å². The van der Waals surface area contributed by atoms with Crippen LogP contribution in [0.2, 0.25) is 0 Å². The van der Waals surface area contributed by atoms with Crippen LogP contribution in [0.25, 0.3) is 21.8 Å². The standard InChI is InChI=1S/C44H47F3N10O7S/c1-53(15-16-58)65(62,63)52-36-7-5-32(45)40(31(36)23-48)64-27-4-6-35-29(18-27)42(60)57(24-49-35)26-21-44(22-26)10-13-55(14-11-44)37-8-3-25(17-34(37)47)28-20-38-30(19-33(28)46)41(51-54(38)2)56-12-9-39(59)50-43(56)61/h4-7,18-20,24-26,34,37,52,58H,3,8-17,21-22H2,1-2H3,(H,50,59,61). The first kappa shape index (κ1) is 44.1. The Morgan fingerprint density at radius 1 is 1.05 bits per heavy atom. The molecule has 2 aliphatic carbocycles. The van der Waals surface area contributed by atoms with Crippen LogP contribution >= 0.6 is 0 Å². The van der Waals surface area contributed by atoms with Gasteiger partial charge in [-0.25, -0.2) is 22.9 Å². The highest BCUT2D eigenvalue weighted by Gasteiger charge is 2.48. The van der Waals surface area contributed by atoms with Crippen LogP contribution in [0, 0.1) is 28.4 Å². The molecule has 3 aromatic carbocycles. The van der Waals surface area contributed by atoms with E-state index >= 15 is 13.2 Å². The zero-order valence-electron chi connectivity index (χ0n) is 35.6. The van der Waals surface area contributed by atoms with Gasteiger partial charge in [0.15, 0.2) is 17.4 Å². The fourth-order valence-corrected chi connectivity index (χ4v) is 11.0. The Morgan fingerprint density at radius 3 is 2.52 bits per heavy atom. The van der Waals surface area contributed by atoms with Crippen LogP contribution in [0.5, 0.6) is 11.5 Å². The van der Waals surface area contributed by atoms with E-state index in [-0.39, 0.29) is 83.5 Å². The second-order valence-electron chi connectivity index (χ2n) is 17.6. The first-order chi connectivity index (χ1) is 31.1. The Hall–Kier alpha value is -6.08. The summed E-state index contributed by atoms with van der Waals surface area (Å²) in [6.07, 6.45) is 4.96. The van der Waals surface area contributed by atoms with Gasteiger partial charge in [0, 0.05) is 51.1 Å². The number of alkyl halides is 1. The van der Waals surface area contributed by atoms with Crippen LogP contribution in [-0.4, -0.2) is 106 Å². The number of halogens is 3. The van der Waals surface area contributed by atoms with Crippen LogP contribution < -0.4 is 25.2 Å². The Balaban J connectivity index is 0.830. The van der Waals surface area contributed by atoms with Crippen molar-refractivity contribution in [2.45, 2.75) is 75.5 Å². The minimum atomic E-state index is -4.20. The van der Waals surface area contributed by atoms with Gasteiger partial charge in [0.05, 0.1) is 35.0 Å². The lowest BCUT2D eigenvalue weighted by Crippen LogP contribution is -2.54. The number of hydrogen-bond donors (Lipinski definition) is 3. The third kappa shape index (κ3) is 8.17. The van der Waals surface area contributed by atoms with Crippen LogP contribution in [0.1, 0.15) is 74.5 Å². The molecular formula is C44H47F3N10O7S. The first-order valence-corrected chi connectivity index (χ1v) is 22.9. The molecule has 2 aromatic heterocycles. The van der Waals surface area contributed by atoms with E-state index in [2.05, 4.69) is 25.0 Å². The number of aliphatic hydroxyl groups excluding tert-OH is 1. The lowest BCUT2D eigenvalue weighted by Gasteiger charge is -2.54. The molecule has 9 rings (SSSR count). The van der Waals surface area contributed by atoms with Crippen molar-refractivity contribution < 1.29 is 41.0 Å². The number of aryl methyl sites for hydroxylation is 1. The van der Waals surface area contributed by atoms with E-state index in [1.165, 1.54) is 42.5 Å². The van der Waals surface area contributed by atoms with Gasteiger partial charge in [-0.3, -0.25) is 38.7 Å². The third-order valence-electron chi connectivity index (χ3n) is 13.8. The van der Waals surface area contributed by atoms with Crippen molar-refractivity contribution in [3.05, 3.63) is 81.9 Å². The number of nitriles is 1. The molecule has 0 radical (unpaired) electrons. The summed E-state index contributed by atoms with van der Waals surface area (Å²) in [7, 11) is -1.27. The second kappa shape index (κ2) is 17.0. The summed E-state index contributed by atoms with van der Waals surface area (Å²) in [6.45, 7) is 0.874. The topological polar surface area (TPSA) is 208 Å². The number of carbonyl (C=O) groups excluding carboxylic acids is 2. The highest BCUT2D eigenvalue weighted by atomic mass is 32.2. The van der Waals surface area contributed by atoms with Gasteiger partial charge < -0.3 is 9.84 Å². The molecule has 4 heterocycles. The number of likely N-dealkylation sites (N-methyl/N-ethyl adjacent to an activating group) is 1. The number of likely N-dealkylation sites (tertiary alicyclic amines) is 1. The molecule has 0 bridgehead atoms. The molecule has 17 nitrogen and oxygen atoms in total. The number of rotatable bonds is 11. The van der Waals surface area contributed by atoms with Crippen LogP contribution in [0.3, 0.4) is 0 Å². The smallest absolute Gasteiger partial charge is 0.329 e. The lowest BCUT2D eigenvalue weighted by atomic mass is 9.60. The number of ether oxygens (including phenoxy) is 1. The van der Waals surface area contributed by atoms with Crippen molar-refractivity contribution in [1.29, 1.82) is 5.26 Å². The zero-order valence-corrected chi connectivity index (χ0v) is 36.5. The summed E-state index contributed by atoms with van der Waals surface area (Å²) in [4.78, 5) is 46.2. The predicted octanol–water partition coefficient (Wildman–Crippen LogP) is 5.34. The maximum Gasteiger partial charge on any atom is 0.329 e. The number of fused-ring (bicyclic) bond motifs is 2. The van der Waals surface area contributed by atoms with Gasteiger partial charge in [0.25, 0.3) is 5.56 Å². The molecule has 1 spiro atoms. The van der Waals surface area contributed by atoms with E-state index in [0.717, 1.165) is 42.1 Å². The predicted molar refractivity (Wildman–Crippen MR) is 232 cm³/mol. The maximum absolute atomic E-state index is 16.1. The van der Waals surface area contributed by atoms with Crippen LogP contribution in [0.4, 0.5) is 29.5 Å². The number of nitrogens with zero attached hydrogens (tertiary/aromatic N) is 8. The number of piperidine rings is 1. The molecule has 3 amide bonds. The summed E-state index contributed by atoms with van der Waals surface area (Å²) < 4.78 is 84.5. The highest BCUT2D eigenvalue weighted by molar-refractivity contribution is 7.90. The fraction of sp³-hybridized carbons (Fsp3) is 0.455. The number of carbonyl (C=O) groups is 2. The normalized spacial score (nSPS) is 21.8. The van der Waals surface area contributed by atoms with Gasteiger partial charge in [-0.2, -0.15) is 23.1 Å². The Morgan fingerprint density at radius 2 is 1.82 bits per heavy atom. The van der Waals surface area contributed by atoms with Crippen molar-refractivity contribution in [1.82, 2.24) is 33.9 Å². The van der Waals surface area contributed by atoms with Gasteiger partial charge in [-0.05, 0) is 117 Å². The monoisotopic (exact) mass is 916 g/mol. The van der Waals surface area contributed by atoms with Crippen molar-refractivity contribution in [2.24, 2.45) is 12.5 Å². The molecule has 2 aliphatic heterocycles. The van der Waals surface area contributed by atoms with E-state index < -0.39 is 52.0 Å². The number of imide groups is 1. The molecular weight excluding hydrogens is 870 g/mol. The van der Waals surface area contributed by atoms with Crippen molar-refractivity contribution in [3.63, 3.8) is 0 Å². The summed E-state index contributed by atoms with van der Waals surface area (Å²) in [5.74, 6) is -2.38. The second-order valence-corrected chi connectivity index (χ2v) is 19.4. The average molecular weight is 917 g/mol. The number of nitrogens with one attached hydrogen (secondary N) is 2. The molecule has 342 valence electrons. The number of amides is 3. The van der Waals surface area contributed by atoms with Crippen LogP contribution in [-0.2, 0) is 22.1 Å². The van der Waals surface area contributed by atoms with E-state index in [0.29, 0.717) is 47.9 Å². The number of aliphatic hydroxyl groups is 1. The van der Waals surface area contributed by atoms with E-state index in [1.807, 2.05) is 0 Å². The minimum absolute atomic E-state index is 0.0148. The summed E-state index contributed by atoms with van der Waals surface area (Å²) in [5.41, 5.74) is 0.410. The molecule has 2 saturated heterocycles. The first-order valence-electron chi connectivity index (χ1n) is 21.5. The maximum atomic E-state index is 16.1. The van der Waals surface area contributed by atoms with Crippen molar-refractivity contribution in [3.8, 4) is 17.6 Å². The lowest BCUT2D eigenvalue weighted by molar-refractivity contribution is -0.120. The number of hydrogen-bond acceptors (Lipinski definition) is 11. The van der Waals surface area contributed by atoms with Gasteiger partial charge in [-0.1, -0.05) is 0 Å². The molecule has 4 aliphatic rings. The van der Waals surface area contributed by atoms with Crippen LogP contribution in [0.15, 0.2) is 53.6 Å². The molecule has 3 atom stereocenters. The van der Waals surface area contributed by atoms with E-state index in [9.17, 15) is 28.1 Å². The number of benzene rings is 3. The number of aromatic nitrogens is 4. The Kier molecular flexibility index (Phi) is 11.6. The molecule has 65 heavy (non-hydrogen) atoms. The quantitative estimate of drug-likeness (QED) is 0.154. The molecule has 2 saturated carbocycles. The summed E-state index contributed by atoms with van der Waals surface area (Å²) >= 11 is 0. The molecule has 21 heteroatoms. The summed E-state index contributed by atoms with van der Waals surface area (Å²) in [6, 6.07) is 10.3. The zero-order chi connectivity index (χ0) is 45.9. The molecule has 3 N–H and O–H groups in total. The van der Waals surface area contributed by atoms with Crippen molar-refractivity contribution in [2.75, 3.05) is 49.5 Å². The highest BCUT2D eigenvalue weighted by Crippen LogP contribution is 2.55. The number of anilines is 2.